The summed E-state index contributed by atoms with van der Waals surface area (Å²) in [7, 11) is 0. The van der Waals surface area contributed by atoms with Gasteiger partial charge >= 0.3 is 5.97 Å². The van der Waals surface area contributed by atoms with E-state index in [1.165, 1.54) is 5.57 Å². The van der Waals surface area contributed by atoms with E-state index in [0.29, 0.717) is 25.2 Å². The van der Waals surface area contributed by atoms with Crippen molar-refractivity contribution in [3.8, 4) is 0 Å². The number of hydrogen-bond donors (Lipinski definition) is 8. The summed E-state index contributed by atoms with van der Waals surface area (Å²) in [5, 5.41) is 83.5. The molecular formula is C41H66O13. The monoisotopic (exact) mass is 766 g/mol. The first-order chi connectivity index (χ1) is 25.3. The fraction of sp³-hybridized carbons (Fsp3) is 0.927. The Hall–Kier alpha value is -1.23. The van der Waals surface area contributed by atoms with Gasteiger partial charge in [-0.25, -0.2) is 0 Å². The van der Waals surface area contributed by atoms with E-state index in [1.807, 2.05) is 0 Å². The minimum atomic E-state index is -1.66. The Morgan fingerprint density at radius 2 is 1.52 bits per heavy atom. The maximum Gasteiger partial charge on any atom is 0.315 e. The third kappa shape index (κ3) is 5.76. The lowest BCUT2D eigenvalue weighted by atomic mass is 9.33. The molecule has 8 N–H and O–H groups in total. The van der Waals surface area contributed by atoms with Crippen LogP contribution in [0.15, 0.2) is 11.6 Å². The van der Waals surface area contributed by atoms with Gasteiger partial charge in [-0.05, 0) is 104 Å². The minimum Gasteiger partial charge on any atom is -0.432 e. The highest BCUT2D eigenvalue weighted by Crippen LogP contribution is 2.76. The Bertz CT molecular complexity index is 1440. The molecule has 0 spiro atoms. The summed E-state index contributed by atoms with van der Waals surface area (Å²) in [6.45, 7) is 12.9. The Labute approximate surface area is 319 Å². The van der Waals surface area contributed by atoms with Crippen LogP contribution in [0.2, 0.25) is 0 Å². The van der Waals surface area contributed by atoms with Gasteiger partial charge in [-0.15, -0.1) is 0 Å². The summed E-state index contributed by atoms with van der Waals surface area (Å²) >= 11 is 0. The number of allylic oxidation sites excluding steroid dienone is 2. The van der Waals surface area contributed by atoms with Crippen molar-refractivity contribution in [1.29, 1.82) is 0 Å². The van der Waals surface area contributed by atoms with Crippen molar-refractivity contribution in [2.45, 2.75) is 161 Å². The van der Waals surface area contributed by atoms with Gasteiger partial charge < -0.3 is 59.8 Å². The van der Waals surface area contributed by atoms with E-state index >= 15 is 0 Å². The molecular weight excluding hydrogens is 700 g/mol. The average molecular weight is 767 g/mol. The third-order valence-electron chi connectivity index (χ3n) is 17.3. The zero-order chi connectivity index (χ0) is 39.3. The molecule has 2 aliphatic heterocycles. The summed E-state index contributed by atoms with van der Waals surface area (Å²) in [6, 6.07) is 0. The molecule has 20 unspecified atom stereocenters. The van der Waals surface area contributed by atoms with Crippen LogP contribution in [-0.2, 0) is 23.7 Å². The van der Waals surface area contributed by atoms with Gasteiger partial charge in [0.15, 0.2) is 6.29 Å². The molecule has 6 fully saturated rings. The Morgan fingerprint density at radius 1 is 0.815 bits per heavy atom. The second kappa shape index (κ2) is 14.2. The van der Waals surface area contributed by atoms with E-state index < -0.39 is 84.8 Å². The standard InChI is InChI=1S/C41H66O13/c1-20-9-14-41(36(50)54-35-33(49)31(47)30(46)24(17-42)52-35)16-15-39(5)22(28(41)21(20)2)7-8-26-37(3)12-11-27(53-34-32(48)29(45)23(44)18-51-34)38(4,19-43)25(37)10-13-40(26,39)6/h7,20-21,23-35,42-49H,8-19H2,1-6H3. The minimum absolute atomic E-state index is 0.103. The SMILES string of the molecule is CC1CCC2(C(=O)OC3OC(CO)C(O)C(O)C3O)CCC3(C)C(=CCC4C5(C)CCC(OC6OCC(O)C(O)C6O)C(C)(CO)C5CCC43C)C2C1C. The number of carbonyl (C=O) groups is 1. The molecule has 5 aliphatic carbocycles. The van der Waals surface area contributed by atoms with E-state index in [1.54, 1.807) is 0 Å². The van der Waals surface area contributed by atoms with Crippen molar-refractivity contribution >= 4 is 5.97 Å². The van der Waals surface area contributed by atoms with Gasteiger partial charge in [0, 0.05) is 5.41 Å². The van der Waals surface area contributed by atoms with E-state index in [9.17, 15) is 45.6 Å². The predicted octanol–water partition coefficient (Wildman–Crippen LogP) is 1.78. The largest absolute Gasteiger partial charge is 0.432 e. The molecule has 2 heterocycles. The van der Waals surface area contributed by atoms with Crippen molar-refractivity contribution in [2.24, 2.45) is 56.7 Å². The van der Waals surface area contributed by atoms with Crippen molar-refractivity contribution < 1.29 is 64.6 Å². The van der Waals surface area contributed by atoms with Crippen LogP contribution in [-0.4, -0.2) is 128 Å². The molecule has 54 heavy (non-hydrogen) atoms. The lowest BCUT2D eigenvalue weighted by Gasteiger charge is -2.71. The molecule has 0 amide bonds. The smallest absolute Gasteiger partial charge is 0.315 e. The quantitative estimate of drug-likeness (QED) is 0.110. The highest BCUT2D eigenvalue weighted by atomic mass is 16.7. The third-order valence-corrected chi connectivity index (χ3v) is 17.3. The molecule has 308 valence electrons. The first-order valence-electron chi connectivity index (χ1n) is 20.5. The van der Waals surface area contributed by atoms with Gasteiger partial charge in [-0.2, -0.15) is 0 Å². The lowest BCUT2D eigenvalue weighted by molar-refractivity contribution is -0.312. The predicted molar refractivity (Wildman–Crippen MR) is 193 cm³/mol. The van der Waals surface area contributed by atoms with Crippen molar-refractivity contribution in [3.63, 3.8) is 0 Å². The summed E-state index contributed by atoms with van der Waals surface area (Å²) in [5.41, 5.74) is -0.701. The molecule has 7 rings (SSSR count). The van der Waals surface area contributed by atoms with E-state index in [2.05, 4.69) is 47.6 Å². The fourth-order valence-electron chi connectivity index (χ4n) is 13.5. The van der Waals surface area contributed by atoms with Gasteiger partial charge in [0.05, 0.1) is 31.3 Å². The number of aliphatic hydroxyl groups excluding tert-OH is 8. The summed E-state index contributed by atoms with van der Waals surface area (Å²) in [4.78, 5) is 14.6. The topological polar surface area (TPSA) is 216 Å². The average Bonchev–Trinajstić information content (AvgIpc) is 3.14. The number of carbonyl (C=O) groups excluding carboxylic acids is 1. The number of esters is 1. The summed E-state index contributed by atoms with van der Waals surface area (Å²) < 4.78 is 23.7. The second-order valence-corrected chi connectivity index (χ2v) is 19.5. The lowest BCUT2D eigenvalue weighted by Crippen LogP contribution is -2.67. The zero-order valence-electron chi connectivity index (χ0n) is 32.8. The van der Waals surface area contributed by atoms with Crippen LogP contribution >= 0.6 is 0 Å². The van der Waals surface area contributed by atoms with Crippen LogP contribution in [0.25, 0.3) is 0 Å². The fourth-order valence-corrected chi connectivity index (χ4v) is 13.5. The van der Waals surface area contributed by atoms with Gasteiger partial charge in [-0.3, -0.25) is 4.79 Å². The number of aliphatic hydroxyl groups is 8. The maximum atomic E-state index is 14.6. The molecule has 0 aromatic rings. The molecule has 0 bridgehead atoms. The molecule has 13 heteroatoms. The second-order valence-electron chi connectivity index (χ2n) is 19.5. The Morgan fingerprint density at radius 3 is 2.20 bits per heavy atom. The van der Waals surface area contributed by atoms with Crippen molar-refractivity contribution in [2.75, 3.05) is 19.8 Å². The number of fused-ring (bicyclic) bond motifs is 7. The first-order valence-corrected chi connectivity index (χ1v) is 20.5. The molecule has 13 nitrogen and oxygen atoms in total. The van der Waals surface area contributed by atoms with Crippen LogP contribution in [0.3, 0.4) is 0 Å². The molecule has 0 aromatic carbocycles. The van der Waals surface area contributed by atoms with Crippen molar-refractivity contribution in [1.82, 2.24) is 0 Å². The van der Waals surface area contributed by atoms with Crippen LogP contribution in [0.1, 0.15) is 99.3 Å². The zero-order valence-corrected chi connectivity index (χ0v) is 32.8. The Kier molecular flexibility index (Phi) is 10.8. The highest BCUT2D eigenvalue weighted by Gasteiger charge is 2.70. The van der Waals surface area contributed by atoms with Crippen LogP contribution in [0, 0.1) is 56.7 Å². The summed E-state index contributed by atoms with van der Waals surface area (Å²) in [5.74, 6) is 0.341. The molecule has 0 radical (unpaired) electrons. The van der Waals surface area contributed by atoms with E-state index in [-0.39, 0.29) is 53.1 Å². The van der Waals surface area contributed by atoms with E-state index in [4.69, 9.17) is 18.9 Å². The molecule has 7 aliphatic rings. The van der Waals surface area contributed by atoms with Crippen molar-refractivity contribution in [3.05, 3.63) is 11.6 Å². The molecule has 20 atom stereocenters. The number of hydrogen-bond acceptors (Lipinski definition) is 13. The molecule has 2 saturated heterocycles. The molecule has 0 aromatic heterocycles. The number of rotatable bonds is 6. The van der Waals surface area contributed by atoms with Crippen LogP contribution in [0.4, 0.5) is 0 Å². The van der Waals surface area contributed by atoms with E-state index in [0.717, 1.165) is 38.5 Å². The molecule has 4 saturated carbocycles. The highest BCUT2D eigenvalue weighted by molar-refractivity contribution is 5.79. The van der Waals surface area contributed by atoms with Gasteiger partial charge in [0.25, 0.3) is 0 Å². The first kappa shape index (κ1) is 40.9. The summed E-state index contributed by atoms with van der Waals surface area (Å²) in [6.07, 6.45) is -3.71. The normalized spacial score (nSPS) is 56.0. The van der Waals surface area contributed by atoms with Crippen LogP contribution < -0.4 is 0 Å². The number of ether oxygens (including phenoxy) is 4. The maximum absolute atomic E-state index is 14.6. The Balaban J connectivity index is 1.18. The van der Waals surface area contributed by atoms with Crippen LogP contribution in [0.5, 0.6) is 0 Å². The van der Waals surface area contributed by atoms with Gasteiger partial charge in [-0.1, -0.05) is 53.2 Å². The van der Waals surface area contributed by atoms with Gasteiger partial charge in [0.1, 0.15) is 42.7 Å². The van der Waals surface area contributed by atoms with Gasteiger partial charge in [0.2, 0.25) is 6.29 Å².